The van der Waals surface area contributed by atoms with E-state index in [1.165, 1.54) is 51.6 Å². The molecule has 172 valence electrons. The zero-order chi connectivity index (χ0) is 21.0. The maximum atomic E-state index is 5.90. The Kier molecular flexibility index (Phi) is 10.8. The molecule has 0 aromatic heterocycles. The van der Waals surface area contributed by atoms with Gasteiger partial charge in [0.15, 0.2) is 0 Å². The lowest BCUT2D eigenvalue weighted by molar-refractivity contribution is 0.253. The highest BCUT2D eigenvalue weighted by atomic mass is 14.9. The fourth-order valence-electron chi connectivity index (χ4n) is 5.14. The van der Waals surface area contributed by atoms with E-state index in [0.717, 1.165) is 50.9 Å². The average molecular weight is 419 g/mol. The van der Waals surface area contributed by atoms with Crippen molar-refractivity contribution in [3.8, 4) is 0 Å². The molecule has 1 saturated carbocycles. The van der Waals surface area contributed by atoms with Crippen LogP contribution in [-0.2, 0) is 0 Å². The highest BCUT2D eigenvalue weighted by molar-refractivity contribution is 5.08. The summed E-state index contributed by atoms with van der Waals surface area (Å²) in [5.74, 6) is 1.71. The van der Waals surface area contributed by atoms with E-state index in [9.17, 15) is 0 Å². The van der Waals surface area contributed by atoms with Gasteiger partial charge in [0.05, 0.1) is 0 Å². The van der Waals surface area contributed by atoms with Gasteiger partial charge in [-0.3, -0.25) is 0 Å². The summed E-state index contributed by atoms with van der Waals surface area (Å²) in [7, 11) is 0. The molecular weight excluding hydrogens is 372 g/mol. The van der Waals surface area contributed by atoms with Gasteiger partial charge in [-0.15, -0.1) is 0 Å². The predicted octanol–water partition coefficient (Wildman–Crippen LogP) is 1.24. The van der Waals surface area contributed by atoms with Gasteiger partial charge < -0.3 is 32.7 Å². The summed E-state index contributed by atoms with van der Waals surface area (Å²) in [4.78, 5) is 0. The fourth-order valence-corrected chi connectivity index (χ4v) is 5.14. The smallest absolute Gasteiger partial charge is 0.0268 e. The molecule has 0 spiro atoms. The van der Waals surface area contributed by atoms with Gasteiger partial charge in [0.25, 0.3) is 0 Å². The lowest BCUT2D eigenvalue weighted by Crippen LogP contribution is -2.35. The Bertz CT molecular complexity index is 478. The quantitative estimate of drug-likeness (QED) is 0.188. The molecule has 0 aliphatic heterocycles. The molecule has 3 aliphatic rings. The summed E-state index contributed by atoms with van der Waals surface area (Å²) in [6.45, 7) is 6.75. The Morgan fingerprint density at radius 1 is 0.633 bits per heavy atom. The molecule has 8 N–H and O–H groups in total. The lowest BCUT2D eigenvalue weighted by Gasteiger charge is -2.29. The molecule has 1 fully saturated rings. The van der Waals surface area contributed by atoms with E-state index in [4.69, 9.17) is 11.5 Å². The standard InChI is InChI=1S/C24H46N6/c25-21-6-8-23(15-21)29-12-2-10-27-17-19-4-1-5-20(14-19)18-28-11-3-13-30-24-9-7-22(26)16-24/h6-9,19-24,27-30H,1-5,10-18,25-26H2/t19?,20?,21-,22+,23+,24?/m1/s1. The van der Waals surface area contributed by atoms with E-state index < -0.39 is 0 Å². The van der Waals surface area contributed by atoms with Gasteiger partial charge in [-0.25, -0.2) is 0 Å². The summed E-state index contributed by atoms with van der Waals surface area (Å²) in [5, 5.41) is 14.6. The van der Waals surface area contributed by atoms with Crippen molar-refractivity contribution < 1.29 is 0 Å². The second-order valence-corrected chi connectivity index (χ2v) is 9.70. The summed E-state index contributed by atoms with van der Waals surface area (Å²) >= 11 is 0. The zero-order valence-corrected chi connectivity index (χ0v) is 18.8. The van der Waals surface area contributed by atoms with Crippen LogP contribution in [0.15, 0.2) is 24.3 Å². The largest absolute Gasteiger partial charge is 0.324 e. The van der Waals surface area contributed by atoms with Crippen molar-refractivity contribution in [3.63, 3.8) is 0 Å². The molecule has 0 radical (unpaired) electrons. The normalized spacial score (nSPS) is 33.5. The molecule has 0 aromatic carbocycles. The molecular formula is C24H46N6. The van der Waals surface area contributed by atoms with Crippen molar-refractivity contribution >= 4 is 0 Å². The molecule has 3 aliphatic carbocycles. The van der Waals surface area contributed by atoms with Crippen LogP contribution in [-0.4, -0.2) is 63.4 Å². The van der Waals surface area contributed by atoms with Crippen molar-refractivity contribution in [2.24, 2.45) is 23.3 Å². The van der Waals surface area contributed by atoms with Crippen LogP contribution in [0.25, 0.3) is 0 Å². The van der Waals surface area contributed by atoms with Crippen molar-refractivity contribution in [1.82, 2.24) is 21.3 Å². The van der Waals surface area contributed by atoms with E-state index in [-0.39, 0.29) is 12.1 Å². The minimum atomic E-state index is 0.250. The number of rotatable bonds is 14. The molecule has 0 saturated heterocycles. The highest BCUT2D eigenvalue weighted by Crippen LogP contribution is 2.28. The van der Waals surface area contributed by atoms with E-state index >= 15 is 0 Å². The molecule has 0 aromatic rings. The predicted molar refractivity (Wildman–Crippen MR) is 127 cm³/mol. The van der Waals surface area contributed by atoms with Gasteiger partial charge in [0.2, 0.25) is 0 Å². The number of hydrogen-bond acceptors (Lipinski definition) is 6. The van der Waals surface area contributed by atoms with Gasteiger partial charge in [-0.1, -0.05) is 30.7 Å². The Balaban J connectivity index is 1.13. The maximum Gasteiger partial charge on any atom is 0.0268 e. The van der Waals surface area contributed by atoms with Crippen LogP contribution in [0.4, 0.5) is 0 Å². The highest BCUT2D eigenvalue weighted by Gasteiger charge is 2.21. The molecule has 0 amide bonds. The third-order valence-electron chi connectivity index (χ3n) is 6.86. The van der Waals surface area contributed by atoms with Gasteiger partial charge in [-0.05, 0) is 96.1 Å². The first-order valence-corrected chi connectivity index (χ1v) is 12.4. The van der Waals surface area contributed by atoms with Gasteiger partial charge in [0, 0.05) is 24.2 Å². The second-order valence-electron chi connectivity index (χ2n) is 9.70. The minimum Gasteiger partial charge on any atom is -0.324 e. The third-order valence-corrected chi connectivity index (χ3v) is 6.86. The molecule has 0 heterocycles. The van der Waals surface area contributed by atoms with Gasteiger partial charge in [-0.2, -0.15) is 0 Å². The minimum absolute atomic E-state index is 0.250. The van der Waals surface area contributed by atoms with E-state index in [0.29, 0.717) is 12.1 Å². The molecule has 3 unspecified atom stereocenters. The molecule has 6 heteroatoms. The van der Waals surface area contributed by atoms with E-state index in [1.54, 1.807) is 0 Å². The number of nitrogens with two attached hydrogens (primary N) is 2. The Hall–Kier alpha value is -0.760. The SMILES string of the molecule is N[C@@H]1C=C[C@H](NCCCNCC2CCCC(CNCCCNC3C=C[C@H](N)C3)C2)C1. The molecule has 0 bridgehead atoms. The summed E-state index contributed by atoms with van der Waals surface area (Å²) < 4.78 is 0. The lowest BCUT2D eigenvalue weighted by atomic mass is 9.81. The third kappa shape index (κ3) is 9.16. The number of hydrogen-bond donors (Lipinski definition) is 6. The van der Waals surface area contributed by atoms with Crippen LogP contribution in [0.1, 0.15) is 51.4 Å². The molecule has 6 nitrogen and oxygen atoms in total. The molecule has 30 heavy (non-hydrogen) atoms. The zero-order valence-electron chi connectivity index (χ0n) is 18.8. The Morgan fingerprint density at radius 3 is 1.57 bits per heavy atom. The molecule has 6 atom stereocenters. The van der Waals surface area contributed by atoms with Crippen LogP contribution in [0.2, 0.25) is 0 Å². The molecule has 3 rings (SSSR count). The van der Waals surface area contributed by atoms with Crippen molar-refractivity contribution in [3.05, 3.63) is 24.3 Å². The van der Waals surface area contributed by atoms with Crippen LogP contribution < -0.4 is 32.7 Å². The van der Waals surface area contributed by atoms with Crippen LogP contribution in [0.5, 0.6) is 0 Å². The summed E-state index contributed by atoms with van der Waals surface area (Å²) in [5.41, 5.74) is 11.8. The van der Waals surface area contributed by atoms with Crippen LogP contribution in [0.3, 0.4) is 0 Å². The first-order chi connectivity index (χ1) is 14.7. The first-order valence-electron chi connectivity index (χ1n) is 12.4. The van der Waals surface area contributed by atoms with E-state index in [2.05, 4.69) is 45.6 Å². The Labute approximate surface area is 184 Å². The Morgan fingerprint density at radius 2 is 1.13 bits per heavy atom. The summed E-state index contributed by atoms with van der Waals surface area (Å²) in [6.07, 6.45) is 18.7. The van der Waals surface area contributed by atoms with Crippen molar-refractivity contribution in [2.45, 2.75) is 75.5 Å². The van der Waals surface area contributed by atoms with Gasteiger partial charge >= 0.3 is 0 Å². The number of nitrogens with one attached hydrogen (secondary N) is 4. The summed E-state index contributed by atoms with van der Waals surface area (Å²) in [6, 6.07) is 1.47. The van der Waals surface area contributed by atoms with Crippen LogP contribution in [0, 0.1) is 11.8 Å². The van der Waals surface area contributed by atoms with Crippen LogP contribution >= 0.6 is 0 Å². The topological polar surface area (TPSA) is 100 Å². The fraction of sp³-hybridized carbons (Fsp3) is 0.833. The monoisotopic (exact) mass is 418 g/mol. The second kappa shape index (κ2) is 13.6. The van der Waals surface area contributed by atoms with Gasteiger partial charge in [0.1, 0.15) is 0 Å². The van der Waals surface area contributed by atoms with Crippen molar-refractivity contribution in [2.75, 3.05) is 39.3 Å². The maximum absolute atomic E-state index is 5.90. The van der Waals surface area contributed by atoms with E-state index in [1.807, 2.05) is 0 Å². The first kappa shape index (κ1) is 23.9. The van der Waals surface area contributed by atoms with Crippen molar-refractivity contribution in [1.29, 1.82) is 0 Å². The average Bonchev–Trinajstić information content (AvgIpc) is 3.35.